The number of methoxy groups -OCH3 is 1. The Bertz CT molecular complexity index is 1240. The average Bonchev–Trinajstić information content (AvgIpc) is 3.39. The van der Waals surface area contributed by atoms with Crippen molar-refractivity contribution in [3.05, 3.63) is 58.6 Å². The highest BCUT2D eigenvalue weighted by atomic mass is 35.5. The minimum absolute atomic E-state index is 0.0371. The highest BCUT2D eigenvalue weighted by Crippen LogP contribution is 2.31. The first-order valence-electron chi connectivity index (χ1n) is 11.8. The van der Waals surface area contributed by atoms with Crippen LogP contribution in [-0.2, 0) is 11.2 Å². The molecule has 2 N–H and O–H groups in total. The number of aromatic amines is 1. The van der Waals surface area contributed by atoms with Crippen LogP contribution in [0.2, 0.25) is 5.02 Å². The Morgan fingerprint density at radius 1 is 1.20 bits per heavy atom. The molecule has 0 bridgehead atoms. The number of pyridine rings is 2. The number of amides is 2. The molecule has 2 amide bonds. The average molecular weight is 495 g/mol. The topological polar surface area (TPSA) is 113 Å². The fraction of sp³-hybridized carbons (Fsp3) is 0.400. The van der Waals surface area contributed by atoms with Gasteiger partial charge in [-0.05, 0) is 55.4 Å². The van der Waals surface area contributed by atoms with Crippen molar-refractivity contribution in [3.8, 4) is 17.1 Å². The zero-order valence-electron chi connectivity index (χ0n) is 19.5. The van der Waals surface area contributed by atoms with Crippen molar-refractivity contribution in [2.75, 3.05) is 20.2 Å². The molecule has 35 heavy (non-hydrogen) atoms. The largest absolute Gasteiger partial charge is 0.481 e. The highest BCUT2D eigenvalue weighted by Gasteiger charge is 2.31. The number of aromatic nitrogens is 4. The molecular weight excluding hydrogens is 468 g/mol. The fourth-order valence-electron chi connectivity index (χ4n) is 4.89. The Hall–Kier alpha value is -3.46. The Morgan fingerprint density at radius 3 is 2.83 bits per heavy atom. The number of fused-ring (bicyclic) bond motifs is 1. The molecule has 1 aliphatic carbocycles. The van der Waals surface area contributed by atoms with E-state index in [0.29, 0.717) is 53.8 Å². The number of carbonyl (C=O) groups is 2. The van der Waals surface area contributed by atoms with Crippen molar-refractivity contribution in [1.82, 2.24) is 30.4 Å². The molecule has 0 saturated carbocycles. The number of halogens is 1. The van der Waals surface area contributed by atoms with E-state index in [1.165, 1.54) is 24.4 Å². The van der Waals surface area contributed by atoms with Crippen LogP contribution < -0.4 is 10.1 Å². The number of hydrogen-bond acceptors (Lipinski definition) is 6. The van der Waals surface area contributed by atoms with Gasteiger partial charge in [-0.1, -0.05) is 11.6 Å². The predicted octanol–water partition coefficient (Wildman–Crippen LogP) is 3.57. The van der Waals surface area contributed by atoms with Crippen LogP contribution >= 0.6 is 11.6 Å². The van der Waals surface area contributed by atoms with Crippen LogP contribution in [0, 0.1) is 5.92 Å². The lowest BCUT2D eigenvalue weighted by Crippen LogP contribution is -2.44. The van der Waals surface area contributed by atoms with Gasteiger partial charge in [0.2, 0.25) is 11.8 Å². The van der Waals surface area contributed by atoms with Gasteiger partial charge in [-0.3, -0.25) is 19.7 Å². The third-order valence-corrected chi connectivity index (χ3v) is 7.15. The van der Waals surface area contributed by atoms with E-state index in [2.05, 4.69) is 25.5 Å². The molecule has 1 saturated heterocycles. The number of piperidine rings is 1. The highest BCUT2D eigenvalue weighted by molar-refractivity contribution is 6.33. The Morgan fingerprint density at radius 2 is 2.03 bits per heavy atom. The lowest BCUT2D eigenvalue weighted by atomic mass is 9.88. The van der Waals surface area contributed by atoms with Crippen molar-refractivity contribution in [2.45, 2.75) is 38.1 Å². The maximum atomic E-state index is 13.1. The van der Waals surface area contributed by atoms with E-state index in [4.69, 9.17) is 16.3 Å². The lowest BCUT2D eigenvalue weighted by molar-refractivity contribution is -0.127. The molecule has 0 aromatic carbocycles. The minimum atomic E-state index is -0.169. The van der Waals surface area contributed by atoms with Crippen LogP contribution in [0.25, 0.3) is 11.3 Å². The van der Waals surface area contributed by atoms with Gasteiger partial charge in [0, 0.05) is 43.0 Å². The third kappa shape index (κ3) is 4.86. The van der Waals surface area contributed by atoms with Crippen molar-refractivity contribution < 1.29 is 14.3 Å². The molecule has 182 valence electrons. The number of nitrogens with zero attached hydrogens (tertiary/aromatic N) is 4. The summed E-state index contributed by atoms with van der Waals surface area (Å²) >= 11 is 6.27. The third-order valence-electron chi connectivity index (χ3n) is 6.85. The van der Waals surface area contributed by atoms with Crippen LogP contribution in [0.1, 0.15) is 53.3 Å². The molecule has 1 aliphatic heterocycles. The van der Waals surface area contributed by atoms with Gasteiger partial charge in [-0.25, -0.2) is 4.98 Å². The maximum absolute atomic E-state index is 13.1. The van der Waals surface area contributed by atoms with Gasteiger partial charge in [-0.15, -0.1) is 0 Å². The molecule has 2 aliphatic rings. The number of nitrogens with one attached hydrogen (secondary N) is 2. The van der Waals surface area contributed by atoms with E-state index in [1.807, 2.05) is 12.3 Å². The standard InChI is InChI=1S/C25H27ClN6O3/c1-35-23-11-18(19(26)14-28-23)21-12-22(31-30-21)25(34)32-9-6-15(7-10-32)24(33)29-20-4-2-3-16-13-27-8-5-17(16)20/h5,8,11-15,20H,2-4,6-7,9-10H2,1H3,(H,29,33)(H,30,31). The van der Waals surface area contributed by atoms with Crippen molar-refractivity contribution in [3.63, 3.8) is 0 Å². The number of carbonyl (C=O) groups excluding carboxylic acids is 2. The Kier molecular flexibility index (Phi) is 6.68. The second kappa shape index (κ2) is 10.0. The van der Waals surface area contributed by atoms with E-state index in [-0.39, 0.29) is 23.8 Å². The first-order chi connectivity index (χ1) is 17.0. The minimum Gasteiger partial charge on any atom is -0.481 e. The molecule has 10 heteroatoms. The smallest absolute Gasteiger partial charge is 0.274 e. The summed E-state index contributed by atoms with van der Waals surface area (Å²) in [5, 5.41) is 10.7. The summed E-state index contributed by atoms with van der Waals surface area (Å²) in [4.78, 5) is 36.1. The van der Waals surface area contributed by atoms with Gasteiger partial charge in [0.25, 0.3) is 5.91 Å². The number of H-pyrrole nitrogens is 1. The van der Waals surface area contributed by atoms with Crippen LogP contribution in [0.4, 0.5) is 0 Å². The second-order valence-electron chi connectivity index (χ2n) is 8.97. The van der Waals surface area contributed by atoms with E-state index < -0.39 is 0 Å². The van der Waals surface area contributed by atoms with Gasteiger partial charge in [0.15, 0.2) is 5.69 Å². The van der Waals surface area contributed by atoms with E-state index in [9.17, 15) is 9.59 Å². The number of ether oxygens (including phenoxy) is 1. The van der Waals surface area contributed by atoms with Gasteiger partial charge < -0.3 is 15.0 Å². The SMILES string of the molecule is COc1cc(-c2cc(C(=O)N3CCC(C(=O)NC4CCCc5cnccc54)CC3)n[nH]2)c(Cl)cn1. The Balaban J connectivity index is 1.19. The molecule has 0 radical (unpaired) electrons. The summed E-state index contributed by atoms with van der Waals surface area (Å²) in [5.74, 6) is 0.206. The normalized spacial score (nSPS) is 18.1. The van der Waals surface area contributed by atoms with Gasteiger partial charge >= 0.3 is 0 Å². The maximum Gasteiger partial charge on any atom is 0.274 e. The molecule has 1 atom stereocenters. The molecule has 3 aromatic rings. The molecule has 5 rings (SSSR count). The Labute approximate surface area is 208 Å². The van der Waals surface area contributed by atoms with Crippen LogP contribution in [-0.4, -0.2) is 57.1 Å². The van der Waals surface area contributed by atoms with Gasteiger partial charge in [0.05, 0.1) is 30.1 Å². The van der Waals surface area contributed by atoms with Crippen molar-refractivity contribution in [2.24, 2.45) is 5.92 Å². The predicted molar refractivity (Wildman–Crippen MR) is 130 cm³/mol. The molecule has 9 nitrogen and oxygen atoms in total. The van der Waals surface area contributed by atoms with E-state index in [1.54, 1.807) is 23.2 Å². The summed E-state index contributed by atoms with van der Waals surface area (Å²) in [6.07, 6.45) is 9.41. The number of hydrogen-bond donors (Lipinski definition) is 2. The monoisotopic (exact) mass is 494 g/mol. The van der Waals surface area contributed by atoms with Gasteiger partial charge in [0.1, 0.15) is 0 Å². The van der Waals surface area contributed by atoms with Crippen molar-refractivity contribution >= 4 is 23.4 Å². The molecule has 1 unspecified atom stereocenters. The molecule has 4 heterocycles. The van der Waals surface area contributed by atoms with E-state index in [0.717, 1.165) is 19.3 Å². The zero-order chi connectivity index (χ0) is 24.4. The quantitative estimate of drug-likeness (QED) is 0.560. The number of rotatable bonds is 5. The number of likely N-dealkylation sites (tertiary alicyclic amines) is 1. The van der Waals surface area contributed by atoms with Crippen LogP contribution in [0.15, 0.2) is 36.8 Å². The van der Waals surface area contributed by atoms with E-state index >= 15 is 0 Å². The first kappa shape index (κ1) is 23.3. The summed E-state index contributed by atoms with van der Waals surface area (Å²) < 4.78 is 5.16. The fourth-order valence-corrected chi connectivity index (χ4v) is 5.10. The van der Waals surface area contributed by atoms with Crippen LogP contribution in [0.5, 0.6) is 5.88 Å². The van der Waals surface area contributed by atoms with Gasteiger partial charge in [-0.2, -0.15) is 5.10 Å². The van der Waals surface area contributed by atoms with Crippen LogP contribution in [0.3, 0.4) is 0 Å². The summed E-state index contributed by atoms with van der Waals surface area (Å²) in [6.45, 7) is 1.02. The summed E-state index contributed by atoms with van der Waals surface area (Å²) in [6, 6.07) is 5.41. The summed E-state index contributed by atoms with van der Waals surface area (Å²) in [7, 11) is 1.53. The summed E-state index contributed by atoms with van der Waals surface area (Å²) in [5.41, 5.74) is 3.96. The molecule has 1 fully saturated rings. The molecule has 0 spiro atoms. The second-order valence-corrected chi connectivity index (χ2v) is 9.37. The first-order valence-corrected chi connectivity index (χ1v) is 12.2. The van der Waals surface area contributed by atoms with Crippen molar-refractivity contribution in [1.29, 1.82) is 0 Å². The molecular formula is C25H27ClN6O3. The molecule has 3 aromatic heterocycles. The lowest BCUT2D eigenvalue weighted by Gasteiger charge is -2.33. The number of aryl methyl sites for hydroxylation is 1. The zero-order valence-corrected chi connectivity index (χ0v) is 20.2.